The minimum atomic E-state index is -3.61. The van der Waals surface area contributed by atoms with Crippen LogP contribution in [0.5, 0.6) is 5.75 Å². The molecule has 0 amide bonds. The summed E-state index contributed by atoms with van der Waals surface area (Å²) in [5.74, 6) is -0.190. The molecule has 0 spiro atoms. The van der Waals surface area contributed by atoms with E-state index < -0.39 is 16.0 Å². The van der Waals surface area contributed by atoms with E-state index in [0.717, 1.165) is 5.56 Å². The molecule has 0 radical (unpaired) electrons. The highest BCUT2D eigenvalue weighted by atomic mass is 32.2. The fourth-order valence-electron chi connectivity index (χ4n) is 3.12. The summed E-state index contributed by atoms with van der Waals surface area (Å²) in [7, 11) is -3.61. The molecule has 1 fully saturated rings. The van der Waals surface area contributed by atoms with E-state index in [0.29, 0.717) is 25.1 Å². The lowest BCUT2D eigenvalue weighted by molar-refractivity contribution is -0.139. The highest BCUT2D eigenvalue weighted by molar-refractivity contribution is 7.89. The number of carboxylic acid groups (broad SMARTS) is 1. The third kappa shape index (κ3) is 5.18. The first kappa shape index (κ1) is 20.7. The van der Waals surface area contributed by atoms with Crippen LogP contribution in [0.15, 0.2) is 23.1 Å². The Kier molecular flexibility index (Phi) is 6.65. The van der Waals surface area contributed by atoms with Crippen LogP contribution in [-0.4, -0.2) is 55.7 Å². The molecule has 0 aromatic heterocycles. The maximum Gasteiger partial charge on any atom is 0.317 e. The first-order valence-corrected chi connectivity index (χ1v) is 10.4. The van der Waals surface area contributed by atoms with Gasteiger partial charge in [0, 0.05) is 12.1 Å². The van der Waals surface area contributed by atoms with Crippen molar-refractivity contribution in [3.8, 4) is 5.75 Å². The number of sulfonamides is 1. The van der Waals surface area contributed by atoms with E-state index in [1.165, 1.54) is 0 Å². The van der Waals surface area contributed by atoms with Gasteiger partial charge in [0.05, 0.1) is 17.5 Å². The number of ether oxygens (including phenoxy) is 1. The smallest absolute Gasteiger partial charge is 0.317 e. The van der Waals surface area contributed by atoms with Crippen LogP contribution in [0.1, 0.15) is 39.2 Å². The summed E-state index contributed by atoms with van der Waals surface area (Å²) >= 11 is 0. The number of carboxylic acids is 1. The Bertz CT molecular complexity index is 742. The molecule has 0 unspecified atom stereocenters. The summed E-state index contributed by atoms with van der Waals surface area (Å²) in [5.41, 5.74) is 0.770. The van der Waals surface area contributed by atoms with Gasteiger partial charge in [-0.1, -0.05) is 6.92 Å². The Hall–Kier alpha value is -1.64. The van der Waals surface area contributed by atoms with Crippen molar-refractivity contribution < 1.29 is 23.1 Å². The average molecular weight is 384 g/mol. The number of hydrogen-bond donors (Lipinski definition) is 2. The van der Waals surface area contributed by atoms with Gasteiger partial charge in [0.15, 0.2) is 0 Å². The predicted molar refractivity (Wildman–Crippen MR) is 99.0 cm³/mol. The fourth-order valence-corrected chi connectivity index (χ4v) is 4.46. The van der Waals surface area contributed by atoms with Crippen molar-refractivity contribution in [3.05, 3.63) is 23.8 Å². The minimum Gasteiger partial charge on any atom is -0.491 e. The molecule has 1 aliphatic carbocycles. The van der Waals surface area contributed by atoms with Crippen LogP contribution in [0, 0.1) is 6.92 Å². The number of likely N-dealkylation sites (N-methyl/N-ethyl adjacent to an activating group) is 1. The number of rotatable bonds is 9. The summed E-state index contributed by atoms with van der Waals surface area (Å²) in [6.07, 6.45) is 1.26. The predicted octanol–water partition coefficient (Wildman–Crippen LogP) is 2.00. The van der Waals surface area contributed by atoms with Crippen molar-refractivity contribution in [2.24, 2.45) is 0 Å². The highest BCUT2D eigenvalue weighted by Crippen LogP contribution is 2.28. The Balaban J connectivity index is 1.98. The Labute approximate surface area is 155 Å². The van der Waals surface area contributed by atoms with E-state index in [9.17, 15) is 13.2 Å². The molecule has 0 heterocycles. The van der Waals surface area contributed by atoms with Crippen LogP contribution < -0.4 is 9.46 Å². The second kappa shape index (κ2) is 8.37. The SMILES string of the molecule is CCN(CC(=O)O)C1CC(NS(=O)(=O)c2ccc(OC(C)C)c(C)c2)C1. The molecule has 0 aliphatic heterocycles. The molecule has 1 saturated carbocycles. The molecule has 0 saturated heterocycles. The number of carbonyl (C=O) groups is 1. The van der Waals surface area contributed by atoms with Gasteiger partial charge < -0.3 is 9.84 Å². The van der Waals surface area contributed by atoms with Gasteiger partial charge in [0.25, 0.3) is 0 Å². The molecule has 26 heavy (non-hydrogen) atoms. The topological polar surface area (TPSA) is 95.9 Å². The van der Waals surface area contributed by atoms with Crippen molar-refractivity contribution in [1.29, 1.82) is 0 Å². The van der Waals surface area contributed by atoms with Crippen molar-refractivity contribution >= 4 is 16.0 Å². The van der Waals surface area contributed by atoms with Gasteiger partial charge in [-0.25, -0.2) is 13.1 Å². The Morgan fingerprint density at radius 3 is 2.54 bits per heavy atom. The molecule has 2 N–H and O–H groups in total. The lowest BCUT2D eigenvalue weighted by Gasteiger charge is -2.42. The van der Waals surface area contributed by atoms with E-state index >= 15 is 0 Å². The summed E-state index contributed by atoms with van der Waals surface area (Å²) < 4.78 is 33.5. The molecule has 8 heteroatoms. The first-order valence-electron chi connectivity index (χ1n) is 8.87. The van der Waals surface area contributed by atoms with Gasteiger partial charge in [0.1, 0.15) is 5.75 Å². The summed E-state index contributed by atoms with van der Waals surface area (Å²) in [5, 5.41) is 8.92. The molecule has 1 aliphatic rings. The quantitative estimate of drug-likeness (QED) is 0.676. The fraction of sp³-hybridized carbons (Fsp3) is 0.611. The maximum atomic E-state index is 12.6. The van der Waals surface area contributed by atoms with Crippen LogP contribution in [0.25, 0.3) is 0 Å². The molecule has 1 aromatic rings. The summed E-state index contributed by atoms with van der Waals surface area (Å²) in [6, 6.07) is 4.77. The zero-order valence-electron chi connectivity index (χ0n) is 15.7. The molecule has 2 rings (SSSR count). The molecule has 0 atom stereocenters. The van der Waals surface area contributed by atoms with Crippen molar-refractivity contribution in [2.75, 3.05) is 13.1 Å². The van der Waals surface area contributed by atoms with Crippen molar-refractivity contribution in [2.45, 2.75) is 63.6 Å². The largest absolute Gasteiger partial charge is 0.491 e. The Morgan fingerprint density at radius 1 is 1.38 bits per heavy atom. The zero-order chi connectivity index (χ0) is 19.5. The third-order valence-corrected chi connectivity index (χ3v) is 6.03. The van der Waals surface area contributed by atoms with Gasteiger partial charge in [-0.3, -0.25) is 9.69 Å². The molecular formula is C18H28N2O5S. The second-order valence-electron chi connectivity index (χ2n) is 6.99. The van der Waals surface area contributed by atoms with E-state index in [1.54, 1.807) is 18.2 Å². The molecule has 0 bridgehead atoms. The number of aliphatic carboxylic acids is 1. The number of benzene rings is 1. The van der Waals surface area contributed by atoms with Gasteiger partial charge in [-0.05, 0) is 63.9 Å². The monoisotopic (exact) mass is 384 g/mol. The summed E-state index contributed by atoms with van der Waals surface area (Å²) in [4.78, 5) is 12.9. The van der Waals surface area contributed by atoms with E-state index in [4.69, 9.17) is 9.84 Å². The summed E-state index contributed by atoms with van der Waals surface area (Å²) in [6.45, 7) is 8.18. The van der Waals surface area contributed by atoms with Crippen molar-refractivity contribution in [1.82, 2.24) is 9.62 Å². The number of nitrogens with one attached hydrogen (secondary N) is 1. The standard InChI is InChI=1S/C18H28N2O5S/c1-5-20(11-18(21)22)15-9-14(10-15)19-26(23,24)16-6-7-17(13(4)8-16)25-12(2)3/h6-8,12,14-15,19H,5,9-11H2,1-4H3,(H,21,22). The lowest BCUT2D eigenvalue weighted by Crippen LogP contribution is -2.54. The van der Waals surface area contributed by atoms with E-state index in [-0.39, 0.29) is 29.6 Å². The number of hydrogen-bond acceptors (Lipinski definition) is 5. The van der Waals surface area contributed by atoms with Crippen LogP contribution in [-0.2, 0) is 14.8 Å². The Morgan fingerprint density at radius 2 is 2.04 bits per heavy atom. The van der Waals surface area contributed by atoms with Crippen LogP contribution in [0.2, 0.25) is 0 Å². The molecule has 146 valence electrons. The molecule has 7 nitrogen and oxygen atoms in total. The van der Waals surface area contributed by atoms with Crippen LogP contribution in [0.4, 0.5) is 0 Å². The molecule has 1 aromatic carbocycles. The second-order valence-corrected chi connectivity index (χ2v) is 8.71. The van der Waals surface area contributed by atoms with E-state index in [2.05, 4.69) is 4.72 Å². The zero-order valence-corrected chi connectivity index (χ0v) is 16.5. The van der Waals surface area contributed by atoms with Crippen molar-refractivity contribution in [3.63, 3.8) is 0 Å². The third-order valence-electron chi connectivity index (χ3n) is 4.52. The van der Waals surface area contributed by atoms with Gasteiger partial charge in [-0.2, -0.15) is 0 Å². The first-order chi connectivity index (χ1) is 12.1. The lowest BCUT2D eigenvalue weighted by atomic mass is 9.86. The van der Waals surface area contributed by atoms with Gasteiger partial charge >= 0.3 is 5.97 Å². The number of aryl methyl sites for hydroxylation is 1. The van der Waals surface area contributed by atoms with Gasteiger partial charge in [-0.15, -0.1) is 0 Å². The van der Waals surface area contributed by atoms with Gasteiger partial charge in [0.2, 0.25) is 10.0 Å². The maximum absolute atomic E-state index is 12.6. The molecular weight excluding hydrogens is 356 g/mol. The average Bonchev–Trinajstić information content (AvgIpc) is 2.49. The van der Waals surface area contributed by atoms with Crippen LogP contribution in [0.3, 0.4) is 0 Å². The highest BCUT2D eigenvalue weighted by Gasteiger charge is 2.36. The normalized spacial score (nSPS) is 20.2. The minimum absolute atomic E-state index is 0.0167. The number of nitrogens with zero attached hydrogens (tertiary/aromatic N) is 1. The van der Waals surface area contributed by atoms with E-state index in [1.807, 2.05) is 32.6 Å². The van der Waals surface area contributed by atoms with Crippen LogP contribution >= 0.6 is 0 Å².